The van der Waals surface area contributed by atoms with Gasteiger partial charge in [-0.15, -0.1) is 0 Å². The Bertz CT molecular complexity index is 1410. The minimum absolute atomic E-state index is 0. The maximum atomic E-state index is 12.4. The molecule has 0 fully saturated rings. The Hall–Kier alpha value is -2.89. The van der Waals surface area contributed by atoms with Gasteiger partial charge in [0.25, 0.3) is 0 Å². The van der Waals surface area contributed by atoms with Gasteiger partial charge in [0.1, 0.15) is 22.6 Å². The molecule has 14 heteroatoms. The lowest BCUT2D eigenvalue weighted by atomic mass is 9.93. The first kappa shape index (κ1) is 45.1. The van der Waals surface area contributed by atoms with Crippen molar-refractivity contribution in [3.63, 3.8) is 0 Å². The fourth-order valence-electron chi connectivity index (χ4n) is 5.18. The number of unbranched alkanes of at least 4 members (excludes halogenated alkanes) is 12. The van der Waals surface area contributed by atoms with Gasteiger partial charge in [0, 0.05) is 0 Å². The zero-order valence-electron chi connectivity index (χ0n) is 28.7. The van der Waals surface area contributed by atoms with E-state index in [4.69, 9.17) is 32.2 Å². The number of allylic oxidation sites excluding steroid dienone is 2. The van der Waals surface area contributed by atoms with Crippen LogP contribution >= 0.6 is 31.0 Å². The van der Waals surface area contributed by atoms with Crippen molar-refractivity contribution in [3.05, 3.63) is 74.8 Å². The molecule has 280 valence electrons. The molecule has 2 aromatic rings. The molecule has 1 atom stereocenters. The molecule has 2 aromatic carbocycles. The van der Waals surface area contributed by atoms with E-state index in [0.717, 1.165) is 57.1 Å². The first-order chi connectivity index (χ1) is 23.4. The Morgan fingerprint density at radius 2 is 1.10 bits per heavy atom. The van der Waals surface area contributed by atoms with E-state index >= 15 is 0 Å². The number of hydrogen-bond acceptors (Lipinski definition) is 8. The van der Waals surface area contributed by atoms with Gasteiger partial charge in [0.05, 0.1) is 23.3 Å². The van der Waals surface area contributed by atoms with Crippen LogP contribution in [0.4, 0.5) is 0 Å². The van der Waals surface area contributed by atoms with Crippen LogP contribution in [-0.4, -0.2) is 50.5 Å². The minimum Gasteiger partial charge on any atom is -0.505 e. The predicted molar refractivity (Wildman–Crippen MR) is 198 cm³/mol. The van der Waals surface area contributed by atoms with Crippen LogP contribution in [0.25, 0.3) is 5.57 Å². The van der Waals surface area contributed by atoms with Crippen LogP contribution in [0.3, 0.4) is 0 Å². The molecule has 0 heterocycles. The highest BCUT2D eigenvalue weighted by atomic mass is 35.5. The Kier molecular flexibility index (Phi) is 22.0. The summed E-state index contributed by atoms with van der Waals surface area (Å²) in [6.45, 7) is 2.01. The van der Waals surface area contributed by atoms with E-state index in [1.165, 1.54) is 56.7 Å². The van der Waals surface area contributed by atoms with Crippen LogP contribution in [-0.2, 0) is 13.6 Å². The summed E-state index contributed by atoms with van der Waals surface area (Å²) < 4.78 is 22.6. The van der Waals surface area contributed by atoms with Crippen molar-refractivity contribution in [1.29, 1.82) is 0 Å². The highest BCUT2D eigenvalue weighted by Crippen LogP contribution is 2.44. The van der Waals surface area contributed by atoms with Gasteiger partial charge >= 0.3 is 19.8 Å². The fourth-order valence-corrected chi connectivity index (χ4v) is 6.38. The number of aromatic hydroxyl groups is 2. The molecular weight excluding hydrogens is 708 g/mol. The van der Waals surface area contributed by atoms with Crippen LogP contribution in [0.2, 0.25) is 10.0 Å². The van der Waals surface area contributed by atoms with Gasteiger partial charge in [0.15, 0.2) is 0 Å². The maximum absolute atomic E-state index is 12.4. The lowest BCUT2D eigenvalue weighted by Gasteiger charge is -2.15. The van der Waals surface area contributed by atoms with E-state index in [1.807, 2.05) is 0 Å². The zero-order chi connectivity index (χ0) is 36.2. The summed E-state index contributed by atoms with van der Waals surface area (Å²) in [6, 6.07) is 4.80. The smallest absolute Gasteiger partial charge is 0.472 e. The second kappa shape index (κ2) is 24.3. The van der Waals surface area contributed by atoms with Gasteiger partial charge in [-0.1, -0.05) is 106 Å². The molecule has 0 aliphatic heterocycles. The molecule has 8 N–H and O–H groups in total. The van der Waals surface area contributed by atoms with Crippen LogP contribution in [0, 0.1) is 0 Å². The van der Waals surface area contributed by atoms with Crippen LogP contribution in [0.15, 0.2) is 42.5 Å². The SMILES string of the molecule is CCCCCCCC/C=C/CCCCCCCCOP(=O)(O)OCCC=C(c1cc(Cl)c(O)c(C(=O)O)c1)c1cc(Cl)c(O)c(C(=O)O)c1.N. The third-order valence-electron chi connectivity index (χ3n) is 7.84. The van der Waals surface area contributed by atoms with Gasteiger partial charge < -0.3 is 31.5 Å². The molecule has 1 unspecified atom stereocenters. The monoisotopic (exact) mass is 759 g/mol. The summed E-state index contributed by atoms with van der Waals surface area (Å²) in [7, 11) is -4.36. The van der Waals surface area contributed by atoms with Gasteiger partial charge in [-0.3, -0.25) is 9.05 Å². The van der Waals surface area contributed by atoms with Crippen molar-refractivity contribution in [2.24, 2.45) is 0 Å². The van der Waals surface area contributed by atoms with Crippen molar-refractivity contribution >= 4 is 48.5 Å². The largest absolute Gasteiger partial charge is 0.505 e. The number of carboxylic acids is 2. The number of benzene rings is 2. The molecule has 50 heavy (non-hydrogen) atoms. The van der Waals surface area contributed by atoms with E-state index < -0.39 is 42.4 Å². The molecule has 0 amide bonds. The summed E-state index contributed by atoms with van der Waals surface area (Å²) in [5, 5.41) is 38.7. The normalized spacial score (nSPS) is 12.4. The van der Waals surface area contributed by atoms with Crippen molar-refractivity contribution in [1.82, 2.24) is 6.15 Å². The lowest BCUT2D eigenvalue weighted by molar-refractivity contribution is 0.0682. The Labute approximate surface area is 305 Å². The van der Waals surface area contributed by atoms with E-state index in [-0.39, 0.29) is 52.5 Å². The van der Waals surface area contributed by atoms with Crippen molar-refractivity contribution < 1.29 is 48.5 Å². The van der Waals surface area contributed by atoms with Crippen LogP contribution in [0.5, 0.6) is 11.5 Å². The van der Waals surface area contributed by atoms with Gasteiger partial charge in [-0.2, -0.15) is 0 Å². The molecule has 0 saturated carbocycles. The Morgan fingerprint density at radius 3 is 1.56 bits per heavy atom. The van der Waals surface area contributed by atoms with Crippen molar-refractivity contribution in [2.75, 3.05) is 13.2 Å². The summed E-state index contributed by atoms with van der Waals surface area (Å²) in [6.07, 6.45) is 22.1. The fraction of sp³-hybridized carbons (Fsp3) is 0.500. The van der Waals surface area contributed by atoms with Crippen molar-refractivity contribution in [3.8, 4) is 11.5 Å². The summed E-state index contributed by atoms with van der Waals surface area (Å²) in [5.41, 5.74) is -0.460. The first-order valence-corrected chi connectivity index (χ1v) is 19.1. The number of carbonyl (C=O) groups is 2. The van der Waals surface area contributed by atoms with Gasteiger partial charge in [0.2, 0.25) is 0 Å². The molecule has 0 aromatic heterocycles. The van der Waals surface area contributed by atoms with Gasteiger partial charge in [-0.05, 0) is 79.5 Å². The zero-order valence-corrected chi connectivity index (χ0v) is 31.2. The number of hydrogen-bond donors (Lipinski definition) is 6. The third-order valence-corrected chi connectivity index (χ3v) is 9.43. The number of rotatable bonds is 25. The summed E-state index contributed by atoms with van der Waals surface area (Å²) >= 11 is 12.2. The van der Waals surface area contributed by atoms with Gasteiger partial charge in [-0.25, -0.2) is 14.2 Å². The lowest BCUT2D eigenvalue weighted by Crippen LogP contribution is -2.02. The highest BCUT2D eigenvalue weighted by Gasteiger charge is 2.22. The summed E-state index contributed by atoms with van der Waals surface area (Å²) in [5.74, 6) is -4.23. The molecule has 0 aliphatic carbocycles. The Balaban J connectivity index is 0.0000125. The number of carboxylic acid groups (broad SMARTS) is 2. The average molecular weight is 761 g/mol. The minimum atomic E-state index is -4.36. The van der Waals surface area contributed by atoms with Crippen LogP contribution < -0.4 is 6.15 Å². The topological polar surface area (TPSA) is 206 Å². The molecule has 0 bridgehead atoms. The number of phenols is 2. The average Bonchev–Trinajstić information content (AvgIpc) is 3.04. The highest BCUT2D eigenvalue weighted by molar-refractivity contribution is 7.47. The van der Waals surface area contributed by atoms with E-state index in [1.54, 1.807) is 0 Å². The Morgan fingerprint density at radius 1 is 0.680 bits per heavy atom. The standard InChI is InChI=1S/C36H49Cl2O10P.H3N/c1-2-3-4-5-6-7-8-9-10-11-12-13-14-15-16-17-20-47-49(45,46)48-21-18-19-28(26-22-29(35(41)42)33(39)31(37)24-26)27-23-30(36(43)44)34(40)32(38)25-27;/h9-10,19,22-25,39-40H,2-8,11-18,20-21H2,1H3,(H,41,42)(H,43,44)(H,45,46);1H3/b10-9+;. The first-order valence-electron chi connectivity index (χ1n) is 16.9. The van der Waals surface area contributed by atoms with Crippen molar-refractivity contribution in [2.45, 2.75) is 103 Å². The second-order valence-corrected chi connectivity index (χ2v) is 14.1. The number of phosphoric ester groups is 1. The molecule has 0 saturated heterocycles. The van der Waals surface area contributed by atoms with E-state index in [0.29, 0.717) is 6.42 Å². The second-order valence-electron chi connectivity index (χ2n) is 11.8. The van der Waals surface area contributed by atoms with E-state index in [9.17, 15) is 39.5 Å². The molecule has 0 radical (unpaired) electrons. The number of phosphoric acid groups is 1. The quantitative estimate of drug-likeness (QED) is 0.0319. The molecule has 0 spiro atoms. The van der Waals surface area contributed by atoms with E-state index in [2.05, 4.69) is 19.1 Å². The van der Waals surface area contributed by atoms with Crippen LogP contribution in [0.1, 0.15) is 135 Å². The molecule has 0 aliphatic rings. The number of halogens is 2. The molecule has 11 nitrogen and oxygen atoms in total. The molecular formula is C36H52Cl2NO10P. The number of aromatic carboxylic acids is 2. The predicted octanol–water partition coefficient (Wildman–Crippen LogP) is 11.0. The summed E-state index contributed by atoms with van der Waals surface area (Å²) in [4.78, 5) is 33.5. The maximum Gasteiger partial charge on any atom is 0.472 e. The molecule has 2 rings (SSSR count). The third kappa shape index (κ3) is 16.4.